The molecule has 1 amide bonds. The molecule has 0 fully saturated rings. The number of carbonyl (C=O) groups excluding carboxylic acids is 1. The first-order chi connectivity index (χ1) is 19.4. The second kappa shape index (κ2) is 12.1. The van der Waals surface area contributed by atoms with Crippen molar-refractivity contribution in [3.8, 4) is 5.69 Å². The molecular formula is C33H29Cl2N3O2. The van der Waals surface area contributed by atoms with Gasteiger partial charge in [-0.2, -0.15) is 0 Å². The highest BCUT2D eigenvalue weighted by molar-refractivity contribution is 6.31. The number of hydrogen-bond acceptors (Lipinski definition) is 3. The van der Waals surface area contributed by atoms with E-state index in [1.54, 1.807) is 41.0 Å². The van der Waals surface area contributed by atoms with E-state index in [0.29, 0.717) is 57.4 Å². The van der Waals surface area contributed by atoms with Gasteiger partial charge in [-0.25, -0.2) is 4.98 Å². The molecule has 5 aromatic rings. The molecule has 0 aliphatic carbocycles. The van der Waals surface area contributed by atoms with Gasteiger partial charge in [0.25, 0.3) is 11.5 Å². The van der Waals surface area contributed by atoms with E-state index in [9.17, 15) is 9.59 Å². The number of nitrogens with zero attached hydrogens (tertiary/aromatic N) is 3. The van der Waals surface area contributed by atoms with Crippen LogP contribution >= 0.6 is 23.2 Å². The normalized spacial score (nSPS) is 11.9. The molecular weight excluding hydrogens is 541 g/mol. The van der Waals surface area contributed by atoms with Crippen molar-refractivity contribution in [3.05, 3.63) is 140 Å². The van der Waals surface area contributed by atoms with Crippen molar-refractivity contribution in [2.24, 2.45) is 0 Å². The van der Waals surface area contributed by atoms with Crippen LogP contribution in [0.3, 0.4) is 0 Å². The predicted octanol–water partition coefficient (Wildman–Crippen LogP) is 7.84. The summed E-state index contributed by atoms with van der Waals surface area (Å²) in [5.41, 5.74) is 3.56. The molecule has 0 radical (unpaired) electrons. The molecule has 5 nitrogen and oxygen atoms in total. The lowest BCUT2D eigenvalue weighted by Crippen LogP contribution is -2.40. The van der Waals surface area contributed by atoms with Crippen LogP contribution in [0.25, 0.3) is 16.6 Å². The number of aryl methyl sites for hydroxylation is 1. The number of carbonyl (C=O) groups is 1. The van der Waals surface area contributed by atoms with Gasteiger partial charge in [-0.3, -0.25) is 14.2 Å². The van der Waals surface area contributed by atoms with Gasteiger partial charge in [0.15, 0.2) is 0 Å². The van der Waals surface area contributed by atoms with Gasteiger partial charge in [0, 0.05) is 22.2 Å². The number of aromatic nitrogens is 2. The number of amides is 1. The lowest BCUT2D eigenvalue weighted by molar-refractivity contribution is 0.0662. The third-order valence-electron chi connectivity index (χ3n) is 7.10. The molecule has 1 heterocycles. The van der Waals surface area contributed by atoms with E-state index < -0.39 is 6.04 Å². The Morgan fingerprint density at radius 2 is 1.57 bits per heavy atom. The molecule has 1 unspecified atom stereocenters. The lowest BCUT2D eigenvalue weighted by atomic mass is 10.1. The number of hydrogen-bond donors (Lipinski definition) is 0. The van der Waals surface area contributed by atoms with Crippen molar-refractivity contribution in [1.29, 1.82) is 0 Å². The first kappa shape index (κ1) is 27.6. The van der Waals surface area contributed by atoms with Gasteiger partial charge in [-0.1, -0.05) is 72.6 Å². The Bertz CT molecular complexity index is 1720. The number of benzene rings is 4. The van der Waals surface area contributed by atoms with E-state index in [1.807, 2.05) is 79.4 Å². The maximum Gasteiger partial charge on any atom is 0.266 e. The molecule has 4 aromatic carbocycles. The molecule has 0 aliphatic heterocycles. The Labute approximate surface area is 243 Å². The zero-order chi connectivity index (χ0) is 28.2. The molecule has 1 aromatic heterocycles. The molecule has 0 aliphatic rings. The van der Waals surface area contributed by atoms with Crippen molar-refractivity contribution in [2.45, 2.75) is 32.7 Å². The highest BCUT2D eigenvalue weighted by Crippen LogP contribution is 2.29. The summed E-state index contributed by atoms with van der Waals surface area (Å²) in [5.74, 6) is 0.355. The van der Waals surface area contributed by atoms with Gasteiger partial charge >= 0.3 is 0 Å². The topological polar surface area (TPSA) is 55.2 Å². The minimum Gasteiger partial charge on any atom is -0.328 e. The molecule has 0 saturated carbocycles. The molecule has 7 heteroatoms. The van der Waals surface area contributed by atoms with Crippen LogP contribution in [0.5, 0.6) is 0 Å². The third-order valence-corrected chi connectivity index (χ3v) is 7.59. The van der Waals surface area contributed by atoms with E-state index in [4.69, 9.17) is 28.2 Å². The van der Waals surface area contributed by atoms with Crippen LogP contribution in [0.1, 0.15) is 46.7 Å². The number of para-hydroxylation sites is 1. The Balaban J connectivity index is 1.70. The van der Waals surface area contributed by atoms with Gasteiger partial charge in [0.05, 0.1) is 22.6 Å². The number of rotatable bonds is 8. The van der Waals surface area contributed by atoms with Gasteiger partial charge in [0.1, 0.15) is 5.82 Å². The summed E-state index contributed by atoms with van der Waals surface area (Å²) < 4.78 is 1.65. The summed E-state index contributed by atoms with van der Waals surface area (Å²) in [6.07, 6.45) is 1.19. The molecule has 202 valence electrons. The first-order valence-corrected chi connectivity index (χ1v) is 14.0. The Morgan fingerprint density at radius 3 is 2.27 bits per heavy atom. The molecule has 40 heavy (non-hydrogen) atoms. The second-order valence-electron chi connectivity index (χ2n) is 9.72. The zero-order valence-corrected chi connectivity index (χ0v) is 23.9. The monoisotopic (exact) mass is 569 g/mol. The smallest absolute Gasteiger partial charge is 0.266 e. The van der Waals surface area contributed by atoms with Crippen molar-refractivity contribution in [1.82, 2.24) is 14.5 Å². The Kier molecular flexibility index (Phi) is 8.34. The number of halogens is 2. The fourth-order valence-corrected chi connectivity index (χ4v) is 5.42. The van der Waals surface area contributed by atoms with Crippen LogP contribution in [0.2, 0.25) is 10.0 Å². The standard InChI is InChI=1S/C33H29Cl2N3O2/c1-3-29(37(20-19-23-9-5-4-6-10-23)32(39)24-13-15-25(34)16-14-24)31-36-28-12-8-7-11-27(28)33(40)38(31)30-18-17-26(35)21-22(30)2/h4-18,21,29H,3,19-20H2,1-2H3. The van der Waals surface area contributed by atoms with Crippen LogP contribution in [-0.2, 0) is 6.42 Å². The van der Waals surface area contributed by atoms with E-state index in [1.165, 1.54) is 0 Å². The maximum atomic E-state index is 14.1. The minimum atomic E-state index is -0.487. The van der Waals surface area contributed by atoms with Crippen molar-refractivity contribution >= 4 is 40.0 Å². The largest absolute Gasteiger partial charge is 0.328 e. The van der Waals surface area contributed by atoms with Gasteiger partial charge < -0.3 is 4.90 Å². The minimum absolute atomic E-state index is 0.152. The van der Waals surface area contributed by atoms with Crippen LogP contribution in [0.4, 0.5) is 0 Å². The summed E-state index contributed by atoms with van der Waals surface area (Å²) in [6.45, 7) is 4.36. The molecule has 1 atom stereocenters. The summed E-state index contributed by atoms with van der Waals surface area (Å²) >= 11 is 12.4. The third kappa shape index (κ3) is 5.67. The van der Waals surface area contributed by atoms with E-state index in [-0.39, 0.29) is 11.5 Å². The van der Waals surface area contributed by atoms with Crippen molar-refractivity contribution in [2.75, 3.05) is 6.54 Å². The molecule has 5 rings (SSSR count). The summed E-state index contributed by atoms with van der Waals surface area (Å²) in [4.78, 5) is 35.0. The average molecular weight is 571 g/mol. The molecule has 0 bridgehead atoms. The van der Waals surface area contributed by atoms with Gasteiger partial charge in [0.2, 0.25) is 0 Å². The van der Waals surface area contributed by atoms with Crippen LogP contribution < -0.4 is 5.56 Å². The van der Waals surface area contributed by atoms with Gasteiger partial charge in [-0.05, 0) is 85.5 Å². The van der Waals surface area contributed by atoms with Crippen molar-refractivity contribution in [3.63, 3.8) is 0 Å². The SMILES string of the molecule is CCC(c1nc2ccccc2c(=O)n1-c1ccc(Cl)cc1C)N(CCc1ccccc1)C(=O)c1ccc(Cl)cc1. The lowest BCUT2D eigenvalue weighted by Gasteiger charge is -2.33. The Hall–Kier alpha value is -3.93. The first-order valence-electron chi connectivity index (χ1n) is 13.3. The highest BCUT2D eigenvalue weighted by atomic mass is 35.5. The van der Waals surface area contributed by atoms with Crippen LogP contribution in [0.15, 0.2) is 102 Å². The number of fused-ring (bicyclic) bond motifs is 1. The highest BCUT2D eigenvalue weighted by Gasteiger charge is 2.30. The van der Waals surface area contributed by atoms with E-state index in [2.05, 4.69) is 0 Å². The second-order valence-corrected chi connectivity index (χ2v) is 10.6. The quantitative estimate of drug-likeness (QED) is 0.191. The van der Waals surface area contributed by atoms with Crippen molar-refractivity contribution < 1.29 is 4.79 Å². The molecule has 0 spiro atoms. The van der Waals surface area contributed by atoms with Crippen LogP contribution in [0, 0.1) is 6.92 Å². The molecule has 0 saturated heterocycles. The fraction of sp³-hybridized carbons (Fsp3) is 0.182. The van der Waals surface area contributed by atoms with E-state index in [0.717, 1.165) is 11.1 Å². The summed E-state index contributed by atoms with van der Waals surface area (Å²) in [5, 5.41) is 1.65. The summed E-state index contributed by atoms with van der Waals surface area (Å²) in [6, 6.07) is 29.2. The Morgan fingerprint density at radius 1 is 0.900 bits per heavy atom. The maximum absolute atomic E-state index is 14.1. The summed E-state index contributed by atoms with van der Waals surface area (Å²) in [7, 11) is 0. The van der Waals surface area contributed by atoms with E-state index >= 15 is 0 Å². The van der Waals surface area contributed by atoms with Gasteiger partial charge in [-0.15, -0.1) is 0 Å². The fourth-order valence-electron chi connectivity index (χ4n) is 5.07. The van der Waals surface area contributed by atoms with Crippen LogP contribution in [-0.4, -0.2) is 26.9 Å². The zero-order valence-electron chi connectivity index (χ0n) is 22.4. The predicted molar refractivity (Wildman–Crippen MR) is 163 cm³/mol. The average Bonchev–Trinajstić information content (AvgIpc) is 2.96. The molecule has 0 N–H and O–H groups in total.